The maximum atomic E-state index is 11.7. The minimum atomic E-state index is 0.0788. The molecule has 100 valence electrons. The number of hydrogen-bond acceptors (Lipinski definition) is 2. The Bertz CT molecular complexity index is 524. The molecule has 5 heteroatoms. The molecular weight excluding hydrogens is 306 g/mol. The largest absolute Gasteiger partial charge is 0.354 e. The van der Waals surface area contributed by atoms with Crippen LogP contribution in [0.4, 0.5) is 0 Å². The van der Waals surface area contributed by atoms with E-state index >= 15 is 0 Å². The van der Waals surface area contributed by atoms with Crippen LogP contribution >= 0.6 is 15.9 Å². The van der Waals surface area contributed by atoms with Gasteiger partial charge in [0, 0.05) is 19.2 Å². The van der Waals surface area contributed by atoms with Gasteiger partial charge in [-0.3, -0.25) is 9.48 Å². The molecule has 1 heterocycles. The number of carbonyl (C=O) groups is 1. The molecule has 1 aromatic carbocycles. The molecule has 0 atom stereocenters. The normalized spacial score (nSPS) is 10.4. The highest BCUT2D eigenvalue weighted by Crippen LogP contribution is 2.05. The summed E-state index contributed by atoms with van der Waals surface area (Å²) >= 11 is 3.33. The fraction of sp³-hybridized carbons (Fsp3) is 0.286. The summed E-state index contributed by atoms with van der Waals surface area (Å²) in [4.78, 5) is 11.7. The van der Waals surface area contributed by atoms with Gasteiger partial charge in [0.05, 0.1) is 17.2 Å². The predicted molar refractivity (Wildman–Crippen MR) is 77.7 cm³/mol. The zero-order chi connectivity index (χ0) is 13.5. The van der Waals surface area contributed by atoms with Crippen molar-refractivity contribution in [3.8, 4) is 0 Å². The van der Waals surface area contributed by atoms with Gasteiger partial charge in [0.2, 0.25) is 5.91 Å². The van der Waals surface area contributed by atoms with E-state index in [0.29, 0.717) is 19.5 Å². The van der Waals surface area contributed by atoms with Crippen molar-refractivity contribution in [2.45, 2.75) is 19.4 Å². The zero-order valence-corrected chi connectivity index (χ0v) is 12.1. The molecule has 1 N–H and O–H groups in total. The Morgan fingerprint density at radius 3 is 2.79 bits per heavy atom. The first-order valence-electron chi connectivity index (χ1n) is 6.22. The van der Waals surface area contributed by atoms with Gasteiger partial charge in [0.1, 0.15) is 0 Å². The number of halogens is 1. The van der Waals surface area contributed by atoms with Gasteiger partial charge < -0.3 is 5.32 Å². The molecule has 4 nitrogen and oxygen atoms in total. The minimum absolute atomic E-state index is 0.0788. The van der Waals surface area contributed by atoms with Crippen LogP contribution in [0.2, 0.25) is 0 Å². The summed E-state index contributed by atoms with van der Waals surface area (Å²) < 4.78 is 2.74. The second kappa shape index (κ2) is 7.09. The number of carbonyl (C=O) groups excluding carboxylic acids is 1. The minimum Gasteiger partial charge on any atom is -0.354 e. The monoisotopic (exact) mass is 321 g/mol. The van der Waals surface area contributed by atoms with Gasteiger partial charge >= 0.3 is 0 Å². The van der Waals surface area contributed by atoms with Gasteiger partial charge in [-0.15, -0.1) is 0 Å². The van der Waals surface area contributed by atoms with Crippen molar-refractivity contribution in [3.63, 3.8) is 0 Å². The van der Waals surface area contributed by atoms with Crippen molar-refractivity contribution in [1.82, 2.24) is 15.1 Å². The standard InChI is InChI=1S/C14H16BrN3O/c15-13-10-17-18(11-13)9-8-16-14(19)7-6-12-4-2-1-3-5-12/h1-5,10-11H,6-9H2,(H,16,19). The first kappa shape index (κ1) is 13.8. The third-order valence-electron chi connectivity index (χ3n) is 2.75. The molecule has 19 heavy (non-hydrogen) atoms. The summed E-state index contributed by atoms with van der Waals surface area (Å²) in [7, 11) is 0. The molecule has 0 unspecified atom stereocenters. The van der Waals surface area contributed by atoms with Crippen LogP contribution < -0.4 is 5.32 Å². The van der Waals surface area contributed by atoms with Crippen molar-refractivity contribution >= 4 is 21.8 Å². The molecule has 0 aliphatic heterocycles. The summed E-state index contributed by atoms with van der Waals surface area (Å²) in [5.41, 5.74) is 1.19. The summed E-state index contributed by atoms with van der Waals surface area (Å²) in [6.45, 7) is 1.28. The fourth-order valence-corrected chi connectivity index (χ4v) is 2.09. The van der Waals surface area contributed by atoms with Crippen molar-refractivity contribution in [2.75, 3.05) is 6.54 Å². The average molecular weight is 322 g/mol. The summed E-state index contributed by atoms with van der Waals surface area (Å²) in [6, 6.07) is 10.0. The lowest BCUT2D eigenvalue weighted by Gasteiger charge is -2.05. The highest BCUT2D eigenvalue weighted by Gasteiger charge is 2.02. The Labute approximate surface area is 120 Å². The Hall–Kier alpha value is -1.62. The maximum Gasteiger partial charge on any atom is 0.220 e. The SMILES string of the molecule is O=C(CCc1ccccc1)NCCn1cc(Br)cn1. The van der Waals surface area contributed by atoms with E-state index < -0.39 is 0 Å². The lowest BCUT2D eigenvalue weighted by molar-refractivity contribution is -0.121. The molecule has 0 radical (unpaired) electrons. The Balaban J connectivity index is 1.65. The third kappa shape index (κ3) is 4.87. The highest BCUT2D eigenvalue weighted by molar-refractivity contribution is 9.10. The Morgan fingerprint density at radius 1 is 1.32 bits per heavy atom. The molecule has 1 amide bonds. The molecule has 0 aliphatic rings. The van der Waals surface area contributed by atoms with E-state index in [2.05, 4.69) is 26.3 Å². The number of aromatic nitrogens is 2. The topological polar surface area (TPSA) is 46.9 Å². The lowest BCUT2D eigenvalue weighted by Crippen LogP contribution is -2.27. The average Bonchev–Trinajstić information content (AvgIpc) is 2.83. The molecule has 0 aliphatic carbocycles. The summed E-state index contributed by atoms with van der Waals surface area (Å²) in [6.07, 6.45) is 4.92. The van der Waals surface area contributed by atoms with Crippen LogP contribution in [0.15, 0.2) is 47.2 Å². The first-order valence-corrected chi connectivity index (χ1v) is 7.02. The molecule has 0 saturated carbocycles. The predicted octanol–water partition coefficient (Wildman–Crippen LogP) is 2.39. The molecule has 0 spiro atoms. The van der Waals surface area contributed by atoms with E-state index in [-0.39, 0.29) is 5.91 Å². The van der Waals surface area contributed by atoms with Gasteiger partial charge in [0.25, 0.3) is 0 Å². The van der Waals surface area contributed by atoms with E-state index in [9.17, 15) is 4.79 Å². The van der Waals surface area contributed by atoms with Crippen LogP contribution in [0.5, 0.6) is 0 Å². The number of nitrogens with zero attached hydrogens (tertiary/aromatic N) is 2. The number of amides is 1. The highest BCUT2D eigenvalue weighted by atomic mass is 79.9. The number of nitrogens with one attached hydrogen (secondary N) is 1. The van der Waals surface area contributed by atoms with E-state index in [0.717, 1.165) is 10.9 Å². The van der Waals surface area contributed by atoms with Crippen molar-refractivity contribution in [3.05, 3.63) is 52.8 Å². The Morgan fingerprint density at radius 2 is 2.11 bits per heavy atom. The number of benzene rings is 1. The fourth-order valence-electron chi connectivity index (χ4n) is 1.76. The third-order valence-corrected chi connectivity index (χ3v) is 3.16. The zero-order valence-electron chi connectivity index (χ0n) is 10.6. The molecule has 0 fully saturated rings. The van der Waals surface area contributed by atoms with Gasteiger partial charge in [-0.25, -0.2) is 0 Å². The lowest BCUT2D eigenvalue weighted by atomic mass is 10.1. The van der Waals surface area contributed by atoms with E-state index in [1.807, 2.05) is 36.5 Å². The van der Waals surface area contributed by atoms with Gasteiger partial charge in [0.15, 0.2) is 0 Å². The van der Waals surface area contributed by atoms with E-state index in [1.165, 1.54) is 5.56 Å². The molecule has 2 rings (SSSR count). The van der Waals surface area contributed by atoms with E-state index in [4.69, 9.17) is 0 Å². The van der Waals surface area contributed by atoms with Crippen LogP contribution in [0.1, 0.15) is 12.0 Å². The molecular formula is C14H16BrN3O. The van der Waals surface area contributed by atoms with E-state index in [1.54, 1.807) is 10.9 Å². The van der Waals surface area contributed by atoms with Crippen LogP contribution in [0.25, 0.3) is 0 Å². The van der Waals surface area contributed by atoms with Gasteiger partial charge in [-0.05, 0) is 27.9 Å². The first-order chi connectivity index (χ1) is 9.24. The second-order valence-corrected chi connectivity index (χ2v) is 5.17. The summed E-state index contributed by atoms with van der Waals surface area (Å²) in [5.74, 6) is 0.0788. The summed E-state index contributed by atoms with van der Waals surface area (Å²) in [5, 5.41) is 7.02. The quantitative estimate of drug-likeness (QED) is 0.888. The second-order valence-electron chi connectivity index (χ2n) is 4.26. The van der Waals surface area contributed by atoms with Crippen LogP contribution in [-0.4, -0.2) is 22.2 Å². The molecule has 0 bridgehead atoms. The van der Waals surface area contributed by atoms with Crippen LogP contribution in [0.3, 0.4) is 0 Å². The van der Waals surface area contributed by atoms with Crippen molar-refractivity contribution in [2.24, 2.45) is 0 Å². The van der Waals surface area contributed by atoms with Crippen LogP contribution in [-0.2, 0) is 17.8 Å². The van der Waals surface area contributed by atoms with Crippen molar-refractivity contribution < 1.29 is 4.79 Å². The van der Waals surface area contributed by atoms with Crippen molar-refractivity contribution in [1.29, 1.82) is 0 Å². The molecule has 2 aromatic rings. The number of hydrogen-bond donors (Lipinski definition) is 1. The van der Waals surface area contributed by atoms with Crippen LogP contribution in [0, 0.1) is 0 Å². The molecule has 1 aromatic heterocycles. The molecule has 0 saturated heterocycles. The number of rotatable bonds is 6. The number of aryl methyl sites for hydroxylation is 1. The van der Waals surface area contributed by atoms with Gasteiger partial charge in [-0.1, -0.05) is 30.3 Å². The smallest absolute Gasteiger partial charge is 0.220 e. The Kier molecular flexibility index (Phi) is 5.15. The van der Waals surface area contributed by atoms with Gasteiger partial charge in [-0.2, -0.15) is 5.10 Å². The maximum absolute atomic E-state index is 11.7.